The molecule has 0 aromatic rings. The lowest BCUT2D eigenvalue weighted by Gasteiger charge is -2.19. The van der Waals surface area contributed by atoms with Gasteiger partial charge in [-0.2, -0.15) is 0 Å². The van der Waals surface area contributed by atoms with Gasteiger partial charge in [-0.25, -0.2) is 0 Å². The molecule has 5 nitrogen and oxygen atoms in total. The van der Waals surface area contributed by atoms with Gasteiger partial charge in [0.05, 0.1) is 45.6 Å². The van der Waals surface area contributed by atoms with E-state index in [9.17, 15) is 4.79 Å². The van der Waals surface area contributed by atoms with Crippen molar-refractivity contribution < 1.29 is 23.7 Å². The summed E-state index contributed by atoms with van der Waals surface area (Å²) in [4.78, 5) is 11.7. The Balaban J connectivity index is 1.81. The highest BCUT2D eigenvalue weighted by molar-refractivity contribution is 5.72. The second kappa shape index (κ2) is 12.8. The molecule has 1 aliphatic carbocycles. The summed E-state index contributed by atoms with van der Waals surface area (Å²) >= 11 is 0. The largest absolute Gasteiger partial charge is 0.463 e. The quantitative estimate of drug-likeness (QED) is 0.314. The molecule has 1 rings (SSSR count). The van der Waals surface area contributed by atoms with Gasteiger partial charge in [0.15, 0.2) is 0 Å². The van der Waals surface area contributed by atoms with Crippen LogP contribution in [0.5, 0.6) is 0 Å². The molecule has 0 heterocycles. The first-order valence-electron chi connectivity index (χ1n) is 7.85. The molecule has 0 aromatic carbocycles. The van der Waals surface area contributed by atoms with E-state index in [1.54, 1.807) is 6.08 Å². The van der Waals surface area contributed by atoms with Crippen LogP contribution < -0.4 is 0 Å². The first-order chi connectivity index (χ1) is 10.3. The van der Waals surface area contributed by atoms with Crippen LogP contribution >= 0.6 is 0 Å². The van der Waals surface area contributed by atoms with Gasteiger partial charge in [-0.1, -0.05) is 25.3 Å². The van der Waals surface area contributed by atoms with Crippen molar-refractivity contribution in [1.29, 1.82) is 0 Å². The zero-order valence-corrected chi connectivity index (χ0v) is 12.9. The molecule has 0 unspecified atom stereocenters. The van der Waals surface area contributed by atoms with Gasteiger partial charge in [0.25, 0.3) is 0 Å². The van der Waals surface area contributed by atoms with Gasteiger partial charge in [0.1, 0.15) is 6.61 Å². The highest BCUT2D eigenvalue weighted by atomic mass is 16.6. The number of hydrogen-bond acceptors (Lipinski definition) is 5. The van der Waals surface area contributed by atoms with Crippen molar-refractivity contribution in [3.8, 4) is 0 Å². The van der Waals surface area contributed by atoms with Gasteiger partial charge in [-0.15, -0.1) is 6.58 Å². The van der Waals surface area contributed by atoms with E-state index in [4.69, 9.17) is 18.9 Å². The van der Waals surface area contributed by atoms with Crippen molar-refractivity contribution in [1.82, 2.24) is 0 Å². The van der Waals surface area contributed by atoms with E-state index in [0.29, 0.717) is 46.2 Å². The fraction of sp³-hybridized carbons (Fsp3) is 0.812. The van der Waals surface area contributed by atoms with Crippen LogP contribution in [0.4, 0.5) is 0 Å². The van der Waals surface area contributed by atoms with Crippen LogP contribution in [-0.2, 0) is 23.7 Å². The Bertz CT molecular complexity index is 274. The molecule has 0 amide bonds. The SMILES string of the molecule is C=CCOCCOCCOCCOC(=O)C1CCCCC1. The summed E-state index contributed by atoms with van der Waals surface area (Å²) in [6, 6.07) is 0. The zero-order valence-electron chi connectivity index (χ0n) is 12.9. The monoisotopic (exact) mass is 300 g/mol. The van der Waals surface area contributed by atoms with E-state index in [0.717, 1.165) is 25.7 Å². The van der Waals surface area contributed by atoms with Crippen molar-refractivity contribution in [2.24, 2.45) is 5.92 Å². The fourth-order valence-electron chi connectivity index (χ4n) is 2.26. The van der Waals surface area contributed by atoms with E-state index in [-0.39, 0.29) is 11.9 Å². The fourth-order valence-corrected chi connectivity index (χ4v) is 2.26. The molecule has 122 valence electrons. The van der Waals surface area contributed by atoms with Crippen molar-refractivity contribution >= 4 is 5.97 Å². The molecule has 0 bridgehead atoms. The molecule has 0 aromatic heterocycles. The lowest BCUT2D eigenvalue weighted by Crippen LogP contribution is -2.22. The average molecular weight is 300 g/mol. The predicted molar refractivity (Wildman–Crippen MR) is 80.2 cm³/mol. The smallest absolute Gasteiger partial charge is 0.309 e. The third kappa shape index (κ3) is 9.61. The maximum Gasteiger partial charge on any atom is 0.309 e. The Hall–Kier alpha value is -0.910. The molecular formula is C16H28O5. The number of hydrogen-bond donors (Lipinski definition) is 0. The highest BCUT2D eigenvalue weighted by Crippen LogP contribution is 2.24. The third-order valence-electron chi connectivity index (χ3n) is 3.39. The molecule has 1 saturated carbocycles. The standard InChI is InChI=1S/C16H28O5/c1-2-8-18-9-10-19-11-12-20-13-14-21-16(17)15-6-4-3-5-7-15/h2,15H,1,3-14H2. The molecule has 1 aliphatic rings. The molecule has 5 heteroatoms. The first kappa shape index (κ1) is 18.1. The normalized spacial score (nSPS) is 15.8. The molecule has 0 spiro atoms. The molecule has 0 N–H and O–H groups in total. The Morgan fingerprint density at radius 3 is 2.10 bits per heavy atom. The summed E-state index contributed by atoms with van der Waals surface area (Å²) in [5, 5.41) is 0. The van der Waals surface area contributed by atoms with Crippen LogP contribution in [0.2, 0.25) is 0 Å². The Morgan fingerprint density at radius 2 is 1.48 bits per heavy atom. The van der Waals surface area contributed by atoms with Gasteiger partial charge >= 0.3 is 5.97 Å². The summed E-state index contributed by atoms with van der Waals surface area (Å²) in [7, 11) is 0. The number of rotatable bonds is 12. The lowest BCUT2D eigenvalue weighted by atomic mass is 9.89. The van der Waals surface area contributed by atoms with E-state index in [1.807, 2.05) is 0 Å². The second-order valence-electron chi connectivity index (χ2n) is 5.09. The van der Waals surface area contributed by atoms with Gasteiger partial charge in [-0.05, 0) is 12.8 Å². The molecule has 0 radical (unpaired) electrons. The lowest BCUT2D eigenvalue weighted by molar-refractivity contribution is -0.151. The van der Waals surface area contributed by atoms with Crippen molar-refractivity contribution in [3.05, 3.63) is 12.7 Å². The van der Waals surface area contributed by atoms with Gasteiger partial charge in [-0.3, -0.25) is 4.79 Å². The Labute approximate surface area is 127 Å². The summed E-state index contributed by atoms with van der Waals surface area (Å²) in [6.07, 6.45) is 7.18. The molecule has 0 atom stereocenters. The average Bonchev–Trinajstić information content (AvgIpc) is 2.53. The molecule has 21 heavy (non-hydrogen) atoms. The van der Waals surface area contributed by atoms with E-state index in [2.05, 4.69) is 6.58 Å². The van der Waals surface area contributed by atoms with Crippen LogP contribution in [0.25, 0.3) is 0 Å². The molecular weight excluding hydrogens is 272 g/mol. The van der Waals surface area contributed by atoms with Gasteiger partial charge in [0.2, 0.25) is 0 Å². The molecule has 1 fully saturated rings. The minimum atomic E-state index is -0.0612. The number of esters is 1. The van der Waals surface area contributed by atoms with Crippen LogP contribution in [-0.4, -0.2) is 52.2 Å². The third-order valence-corrected chi connectivity index (χ3v) is 3.39. The van der Waals surface area contributed by atoms with E-state index in [1.165, 1.54) is 6.42 Å². The predicted octanol–water partition coefficient (Wildman–Crippen LogP) is 2.35. The van der Waals surface area contributed by atoms with Crippen LogP contribution in [0, 0.1) is 5.92 Å². The second-order valence-corrected chi connectivity index (χ2v) is 5.09. The molecule has 0 saturated heterocycles. The number of carbonyl (C=O) groups excluding carboxylic acids is 1. The van der Waals surface area contributed by atoms with Gasteiger partial charge < -0.3 is 18.9 Å². The Morgan fingerprint density at radius 1 is 0.905 bits per heavy atom. The minimum absolute atomic E-state index is 0.0612. The maximum atomic E-state index is 11.7. The number of ether oxygens (including phenoxy) is 4. The zero-order chi connectivity index (χ0) is 15.2. The summed E-state index contributed by atoms with van der Waals surface area (Å²) in [5.41, 5.74) is 0. The van der Waals surface area contributed by atoms with Crippen molar-refractivity contribution in [3.63, 3.8) is 0 Å². The van der Waals surface area contributed by atoms with Crippen LogP contribution in [0.3, 0.4) is 0 Å². The molecule has 0 aliphatic heterocycles. The van der Waals surface area contributed by atoms with E-state index >= 15 is 0 Å². The van der Waals surface area contributed by atoms with Crippen molar-refractivity contribution in [2.45, 2.75) is 32.1 Å². The summed E-state index contributed by atoms with van der Waals surface area (Å²) < 4.78 is 21.0. The van der Waals surface area contributed by atoms with E-state index < -0.39 is 0 Å². The highest BCUT2D eigenvalue weighted by Gasteiger charge is 2.22. The topological polar surface area (TPSA) is 54.0 Å². The summed E-state index contributed by atoms with van der Waals surface area (Å²) in [5.74, 6) is 0.0477. The number of carbonyl (C=O) groups is 1. The maximum absolute atomic E-state index is 11.7. The van der Waals surface area contributed by atoms with Crippen LogP contribution in [0.15, 0.2) is 12.7 Å². The Kier molecular flexibility index (Phi) is 11.1. The van der Waals surface area contributed by atoms with Crippen molar-refractivity contribution in [2.75, 3.05) is 46.2 Å². The first-order valence-corrected chi connectivity index (χ1v) is 7.85. The van der Waals surface area contributed by atoms with Crippen LogP contribution in [0.1, 0.15) is 32.1 Å². The minimum Gasteiger partial charge on any atom is -0.463 e. The van der Waals surface area contributed by atoms with Gasteiger partial charge in [0, 0.05) is 0 Å². The summed E-state index contributed by atoms with van der Waals surface area (Å²) in [6.45, 7) is 7.00.